The summed E-state index contributed by atoms with van der Waals surface area (Å²) in [5.74, 6) is 0.186. The molecule has 1 saturated heterocycles. The maximum Gasteiger partial charge on any atom is 0.410 e. The molecule has 0 radical (unpaired) electrons. The Balaban J connectivity index is 1.92. The summed E-state index contributed by atoms with van der Waals surface area (Å²) in [6.45, 7) is 14.0. The third-order valence-electron chi connectivity index (χ3n) is 4.46. The van der Waals surface area contributed by atoms with Gasteiger partial charge in [-0.1, -0.05) is 24.3 Å². The van der Waals surface area contributed by atoms with Crippen molar-refractivity contribution in [2.45, 2.75) is 44.1 Å². The minimum atomic E-state index is -3.59. The molecule has 8 heteroatoms. The third kappa shape index (κ3) is 5.68. The van der Waals surface area contributed by atoms with Gasteiger partial charge < -0.3 is 9.64 Å². The van der Waals surface area contributed by atoms with E-state index in [0.717, 1.165) is 12.8 Å². The highest BCUT2D eigenvalue weighted by atomic mass is 32.2. The van der Waals surface area contributed by atoms with Crippen molar-refractivity contribution < 1.29 is 17.9 Å². The number of benzene rings is 1. The Labute approximate surface area is 161 Å². The van der Waals surface area contributed by atoms with Crippen LogP contribution in [0.2, 0.25) is 0 Å². The number of carbonyl (C=O) groups is 1. The average molecular weight is 394 g/mol. The van der Waals surface area contributed by atoms with Gasteiger partial charge in [0.15, 0.2) is 5.69 Å². The van der Waals surface area contributed by atoms with Crippen LogP contribution in [0.15, 0.2) is 29.2 Å². The van der Waals surface area contributed by atoms with Gasteiger partial charge in [0.05, 0.1) is 11.5 Å². The molecule has 0 aromatic heterocycles. The van der Waals surface area contributed by atoms with Crippen LogP contribution in [0, 0.1) is 12.5 Å². The smallest absolute Gasteiger partial charge is 0.410 e. The third-order valence-corrected chi connectivity index (χ3v) is 6.29. The Morgan fingerprint density at radius 2 is 1.81 bits per heavy atom. The lowest BCUT2D eigenvalue weighted by atomic mass is 9.97. The summed E-state index contributed by atoms with van der Waals surface area (Å²) >= 11 is 0. The van der Waals surface area contributed by atoms with Gasteiger partial charge in [0.1, 0.15) is 5.60 Å². The molecule has 0 N–H and O–H groups in total. The minimum Gasteiger partial charge on any atom is -0.444 e. The number of rotatable bonds is 4. The van der Waals surface area contributed by atoms with E-state index in [1.807, 2.05) is 20.8 Å². The van der Waals surface area contributed by atoms with Crippen LogP contribution < -0.4 is 0 Å². The van der Waals surface area contributed by atoms with E-state index in [1.165, 1.54) is 28.6 Å². The van der Waals surface area contributed by atoms with Crippen LogP contribution in [0.5, 0.6) is 0 Å². The molecule has 1 heterocycles. The number of carbonyl (C=O) groups excluding carboxylic acids is 1. The Kier molecular flexibility index (Phi) is 6.50. The van der Waals surface area contributed by atoms with E-state index in [1.54, 1.807) is 11.9 Å². The lowest BCUT2D eigenvalue weighted by Crippen LogP contribution is -2.44. The first-order chi connectivity index (χ1) is 12.5. The molecule has 27 heavy (non-hydrogen) atoms. The van der Waals surface area contributed by atoms with Crippen LogP contribution in [0.1, 0.15) is 33.6 Å². The van der Waals surface area contributed by atoms with Gasteiger partial charge >= 0.3 is 6.09 Å². The number of likely N-dealkylation sites (tertiary alicyclic amines) is 1. The van der Waals surface area contributed by atoms with Crippen LogP contribution in [0.4, 0.5) is 10.5 Å². The van der Waals surface area contributed by atoms with Gasteiger partial charge in [-0.15, -0.1) is 0 Å². The first-order valence-electron chi connectivity index (χ1n) is 8.95. The summed E-state index contributed by atoms with van der Waals surface area (Å²) in [6, 6.07) is 5.94. The second-order valence-corrected chi connectivity index (χ2v) is 9.85. The molecule has 0 aliphatic carbocycles. The molecule has 1 aromatic carbocycles. The predicted octanol–water partition coefficient (Wildman–Crippen LogP) is 3.50. The van der Waals surface area contributed by atoms with Crippen LogP contribution in [0.25, 0.3) is 4.85 Å². The second kappa shape index (κ2) is 8.28. The predicted molar refractivity (Wildman–Crippen MR) is 103 cm³/mol. The molecule has 0 unspecified atom stereocenters. The van der Waals surface area contributed by atoms with Crippen molar-refractivity contribution in [3.05, 3.63) is 35.7 Å². The zero-order valence-corrected chi connectivity index (χ0v) is 17.1. The summed E-state index contributed by atoms with van der Waals surface area (Å²) in [6.07, 6.45) is 1.15. The standard InChI is InChI=1S/C19H27N3O4S/c1-19(2,3)26-18(23)22-12-10-15(11-13-22)14-21(5)27(24,25)17-8-6-16(20-4)7-9-17/h6-9,15H,10-14H2,1-3,5H3. The molecular formula is C19H27N3O4S. The molecule has 0 spiro atoms. The maximum atomic E-state index is 12.7. The van der Waals surface area contributed by atoms with Crippen LogP contribution >= 0.6 is 0 Å². The molecule has 1 aliphatic heterocycles. The van der Waals surface area contributed by atoms with Crippen LogP contribution in [0.3, 0.4) is 0 Å². The van der Waals surface area contributed by atoms with Crippen molar-refractivity contribution >= 4 is 21.8 Å². The Hall–Kier alpha value is -2.11. The molecule has 1 aromatic rings. The molecule has 1 amide bonds. The number of hydrogen-bond acceptors (Lipinski definition) is 4. The highest BCUT2D eigenvalue weighted by Gasteiger charge is 2.29. The first-order valence-corrected chi connectivity index (χ1v) is 10.4. The second-order valence-electron chi connectivity index (χ2n) is 7.80. The number of ether oxygens (including phenoxy) is 1. The quantitative estimate of drug-likeness (QED) is 0.734. The average Bonchev–Trinajstić information content (AvgIpc) is 2.60. The Bertz CT molecular complexity index is 799. The van der Waals surface area contributed by atoms with E-state index in [0.29, 0.717) is 25.3 Å². The van der Waals surface area contributed by atoms with Gasteiger partial charge in [-0.05, 0) is 39.5 Å². The number of hydrogen-bond donors (Lipinski definition) is 0. The molecule has 0 bridgehead atoms. The molecule has 0 saturated carbocycles. The Morgan fingerprint density at radius 3 is 2.30 bits per heavy atom. The fourth-order valence-corrected chi connectivity index (χ4v) is 4.21. The van der Waals surface area contributed by atoms with E-state index in [2.05, 4.69) is 4.85 Å². The molecular weight excluding hydrogens is 366 g/mol. The zero-order valence-electron chi connectivity index (χ0n) is 16.3. The highest BCUT2D eigenvalue weighted by Crippen LogP contribution is 2.24. The van der Waals surface area contributed by atoms with E-state index in [4.69, 9.17) is 11.3 Å². The number of sulfonamides is 1. The summed E-state index contributed by atoms with van der Waals surface area (Å²) in [5.41, 5.74) is -0.114. The molecule has 1 fully saturated rings. The summed E-state index contributed by atoms with van der Waals surface area (Å²) in [4.78, 5) is 17.3. The first kappa shape index (κ1) is 21.2. The van der Waals surface area contributed by atoms with Crippen molar-refractivity contribution in [3.8, 4) is 0 Å². The van der Waals surface area contributed by atoms with E-state index in [-0.39, 0.29) is 16.9 Å². The molecule has 0 atom stereocenters. The molecule has 7 nitrogen and oxygen atoms in total. The van der Waals surface area contributed by atoms with Crippen LogP contribution in [-0.4, -0.2) is 56.0 Å². The number of amides is 1. The van der Waals surface area contributed by atoms with E-state index < -0.39 is 15.6 Å². The van der Waals surface area contributed by atoms with Crippen molar-refractivity contribution in [2.24, 2.45) is 5.92 Å². The van der Waals surface area contributed by atoms with Crippen molar-refractivity contribution in [1.29, 1.82) is 0 Å². The van der Waals surface area contributed by atoms with Gasteiger partial charge in [-0.25, -0.2) is 22.4 Å². The van der Waals surface area contributed by atoms with Gasteiger partial charge in [-0.2, -0.15) is 0 Å². The fourth-order valence-electron chi connectivity index (χ4n) is 2.96. The van der Waals surface area contributed by atoms with Crippen molar-refractivity contribution in [3.63, 3.8) is 0 Å². The molecule has 148 valence electrons. The normalized spacial score (nSPS) is 16.2. The number of piperidine rings is 1. The lowest BCUT2D eigenvalue weighted by Gasteiger charge is -2.34. The highest BCUT2D eigenvalue weighted by molar-refractivity contribution is 7.89. The van der Waals surface area contributed by atoms with Gasteiger partial charge in [0.25, 0.3) is 0 Å². The van der Waals surface area contributed by atoms with Gasteiger partial charge in [0.2, 0.25) is 10.0 Å². The van der Waals surface area contributed by atoms with E-state index in [9.17, 15) is 13.2 Å². The molecule has 1 aliphatic rings. The lowest BCUT2D eigenvalue weighted by molar-refractivity contribution is 0.0179. The van der Waals surface area contributed by atoms with Gasteiger partial charge in [0, 0.05) is 26.7 Å². The van der Waals surface area contributed by atoms with E-state index >= 15 is 0 Å². The van der Waals surface area contributed by atoms with Crippen molar-refractivity contribution in [2.75, 3.05) is 26.7 Å². The topological polar surface area (TPSA) is 71.3 Å². The van der Waals surface area contributed by atoms with Gasteiger partial charge in [-0.3, -0.25) is 0 Å². The largest absolute Gasteiger partial charge is 0.444 e. The molecule has 2 rings (SSSR count). The SMILES string of the molecule is [C-]#[N+]c1ccc(S(=O)(=O)N(C)CC2CCN(C(=O)OC(C)(C)C)CC2)cc1. The summed E-state index contributed by atoms with van der Waals surface area (Å²) < 4.78 is 32.1. The minimum absolute atomic E-state index is 0.184. The zero-order chi connectivity index (χ0) is 20.2. The maximum absolute atomic E-state index is 12.7. The summed E-state index contributed by atoms with van der Waals surface area (Å²) in [7, 11) is -2.02. The fraction of sp³-hybridized carbons (Fsp3) is 0.579. The van der Waals surface area contributed by atoms with Crippen molar-refractivity contribution in [1.82, 2.24) is 9.21 Å². The monoisotopic (exact) mass is 393 g/mol. The van der Waals surface area contributed by atoms with Crippen LogP contribution in [-0.2, 0) is 14.8 Å². The summed E-state index contributed by atoms with van der Waals surface area (Å²) in [5, 5.41) is 0. The Morgan fingerprint density at radius 1 is 1.26 bits per heavy atom. The number of nitrogens with zero attached hydrogens (tertiary/aromatic N) is 3.